The Kier molecular flexibility index (Phi) is 8.96. The van der Waals surface area contributed by atoms with Gasteiger partial charge >= 0.3 is 0 Å². The number of hydrogen-bond donors (Lipinski definition) is 2. The first kappa shape index (κ1) is 27.5. The maximum Gasteiger partial charge on any atom is 0.258 e. The van der Waals surface area contributed by atoms with Gasteiger partial charge in [0.25, 0.3) is 11.8 Å². The Morgan fingerprint density at radius 3 is 2.71 bits per heavy atom. The fourth-order valence-corrected chi connectivity index (χ4v) is 4.85. The highest BCUT2D eigenvalue weighted by atomic mass is 19.1. The molecule has 204 valence electrons. The third-order valence-corrected chi connectivity index (χ3v) is 6.91. The maximum absolute atomic E-state index is 14.0. The average molecular weight is 527 g/mol. The second-order valence-electron chi connectivity index (χ2n) is 10.0. The van der Waals surface area contributed by atoms with Crippen LogP contribution < -0.4 is 15.4 Å². The lowest BCUT2D eigenvalue weighted by molar-refractivity contribution is -0.134. The SMILES string of the molecule is CN(C)CCCNC(=O)C[C@H]1CC[C@H]2[C@@H](COc3ccc(NC(=O)c4ccccc4F)cc3C(=O)N2C)O1. The Balaban J connectivity index is 1.39. The minimum Gasteiger partial charge on any atom is -0.490 e. The van der Waals surface area contributed by atoms with Crippen LogP contribution in [-0.2, 0) is 9.53 Å². The molecule has 0 aliphatic carbocycles. The summed E-state index contributed by atoms with van der Waals surface area (Å²) in [5, 5.41) is 5.60. The highest BCUT2D eigenvalue weighted by molar-refractivity contribution is 6.05. The van der Waals surface area contributed by atoms with Crippen molar-refractivity contribution in [3.05, 3.63) is 59.4 Å². The van der Waals surface area contributed by atoms with Gasteiger partial charge in [-0.15, -0.1) is 0 Å². The zero-order chi connectivity index (χ0) is 27.2. The van der Waals surface area contributed by atoms with Crippen molar-refractivity contribution in [3.63, 3.8) is 0 Å². The molecule has 0 saturated carbocycles. The number of hydrogen-bond acceptors (Lipinski definition) is 6. The summed E-state index contributed by atoms with van der Waals surface area (Å²) >= 11 is 0. The van der Waals surface area contributed by atoms with E-state index in [1.54, 1.807) is 36.2 Å². The van der Waals surface area contributed by atoms with E-state index in [4.69, 9.17) is 9.47 Å². The summed E-state index contributed by atoms with van der Waals surface area (Å²) in [4.78, 5) is 42.1. The summed E-state index contributed by atoms with van der Waals surface area (Å²) in [5.74, 6) is -1.17. The number of carbonyl (C=O) groups excluding carboxylic acids is 3. The van der Waals surface area contributed by atoms with E-state index in [0.29, 0.717) is 36.4 Å². The van der Waals surface area contributed by atoms with Crippen molar-refractivity contribution in [2.45, 2.75) is 43.9 Å². The van der Waals surface area contributed by atoms with Gasteiger partial charge in [-0.05, 0) is 70.2 Å². The number of nitrogens with one attached hydrogen (secondary N) is 2. The van der Waals surface area contributed by atoms with Gasteiger partial charge in [-0.2, -0.15) is 0 Å². The highest BCUT2D eigenvalue weighted by Crippen LogP contribution is 2.32. The molecule has 2 aliphatic heterocycles. The highest BCUT2D eigenvalue weighted by Gasteiger charge is 2.39. The Hall–Kier alpha value is -3.50. The average Bonchev–Trinajstić information content (AvgIpc) is 2.89. The molecule has 0 unspecified atom stereocenters. The summed E-state index contributed by atoms with van der Waals surface area (Å²) in [6.07, 6.45) is 1.85. The van der Waals surface area contributed by atoms with Gasteiger partial charge < -0.3 is 29.9 Å². The molecule has 2 heterocycles. The predicted octanol–water partition coefficient (Wildman–Crippen LogP) is 2.92. The molecule has 10 heteroatoms. The first-order valence-electron chi connectivity index (χ1n) is 12.9. The van der Waals surface area contributed by atoms with Gasteiger partial charge in [0, 0.05) is 19.3 Å². The van der Waals surface area contributed by atoms with E-state index < -0.39 is 11.7 Å². The number of likely N-dealkylation sites (N-methyl/N-ethyl adjacent to an activating group) is 1. The van der Waals surface area contributed by atoms with Crippen molar-refractivity contribution in [3.8, 4) is 5.75 Å². The van der Waals surface area contributed by atoms with Crippen molar-refractivity contribution in [2.75, 3.05) is 46.2 Å². The lowest BCUT2D eigenvalue weighted by atomic mass is 9.94. The van der Waals surface area contributed by atoms with Gasteiger partial charge in [0.05, 0.1) is 29.7 Å². The molecule has 1 saturated heterocycles. The quantitative estimate of drug-likeness (QED) is 0.513. The van der Waals surface area contributed by atoms with Crippen LogP contribution in [0.1, 0.15) is 46.4 Å². The lowest BCUT2D eigenvalue weighted by Crippen LogP contribution is -2.54. The molecular weight excluding hydrogens is 491 g/mol. The molecule has 2 N–H and O–H groups in total. The number of ether oxygens (including phenoxy) is 2. The van der Waals surface area contributed by atoms with Crippen LogP contribution in [0.25, 0.3) is 0 Å². The van der Waals surface area contributed by atoms with Gasteiger partial charge in [0.1, 0.15) is 24.3 Å². The first-order chi connectivity index (χ1) is 18.2. The molecular formula is C28H35FN4O5. The molecule has 4 rings (SSSR count). The topological polar surface area (TPSA) is 100 Å². The van der Waals surface area contributed by atoms with Crippen LogP contribution in [-0.4, -0.2) is 86.6 Å². The second kappa shape index (κ2) is 12.4. The molecule has 3 atom stereocenters. The number of amides is 3. The van der Waals surface area contributed by atoms with Crippen LogP contribution in [0.15, 0.2) is 42.5 Å². The number of anilines is 1. The fraction of sp³-hybridized carbons (Fsp3) is 0.464. The number of nitrogens with zero attached hydrogens (tertiary/aromatic N) is 2. The molecule has 38 heavy (non-hydrogen) atoms. The van der Waals surface area contributed by atoms with Crippen LogP contribution in [0.5, 0.6) is 5.75 Å². The number of rotatable bonds is 8. The fourth-order valence-electron chi connectivity index (χ4n) is 4.85. The van der Waals surface area contributed by atoms with E-state index in [9.17, 15) is 18.8 Å². The Morgan fingerprint density at radius 2 is 1.95 bits per heavy atom. The van der Waals surface area contributed by atoms with Gasteiger partial charge in [-0.3, -0.25) is 14.4 Å². The van der Waals surface area contributed by atoms with Crippen molar-refractivity contribution in [1.29, 1.82) is 0 Å². The summed E-state index contributed by atoms with van der Waals surface area (Å²) in [7, 11) is 5.72. The van der Waals surface area contributed by atoms with Gasteiger partial charge in [0.15, 0.2) is 0 Å². The van der Waals surface area contributed by atoms with E-state index >= 15 is 0 Å². The van der Waals surface area contributed by atoms with Crippen molar-refractivity contribution >= 4 is 23.4 Å². The van der Waals surface area contributed by atoms with E-state index in [-0.39, 0.29) is 48.7 Å². The van der Waals surface area contributed by atoms with Gasteiger partial charge in [-0.25, -0.2) is 4.39 Å². The van der Waals surface area contributed by atoms with E-state index in [1.165, 1.54) is 18.2 Å². The summed E-state index contributed by atoms with van der Waals surface area (Å²) in [6, 6.07) is 10.2. The minimum atomic E-state index is -0.626. The third-order valence-electron chi connectivity index (χ3n) is 6.91. The number of carbonyl (C=O) groups is 3. The first-order valence-corrected chi connectivity index (χ1v) is 12.9. The minimum absolute atomic E-state index is 0.0429. The normalized spacial score (nSPS) is 21.0. The number of halogens is 1. The zero-order valence-corrected chi connectivity index (χ0v) is 22.0. The molecule has 0 bridgehead atoms. The van der Waals surface area contributed by atoms with Crippen molar-refractivity contribution < 1.29 is 28.2 Å². The van der Waals surface area contributed by atoms with Crippen LogP contribution in [0.2, 0.25) is 0 Å². The summed E-state index contributed by atoms with van der Waals surface area (Å²) in [6.45, 7) is 1.75. The Labute approximate surface area is 222 Å². The third kappa shape index (κ3) is 6.68. The lowest BCUT2D eigenvalue weighted by Gasteiger charge is -2.42. The summed E-state index contributed by atoms with van der Waals surface area (Å²) < 4.78 is 26.2. The van der Waals surface area contributed by atoms with Crippen LogP contribution in [0, 0.1) is 5.82 Å². The second-order valence-corrected chi connectivity index (χ2v) is 10.0. The van der Waals surface area contributed by atoms with Crippen LogP contribution >= 0.6 is 0 Å². The molecule has 0 spiro atoms. The standard InChI is InChI=1S/C28H35FN4O5/c1-32(2)14-6-13-30-26(34)16-19-10-11-23-25(38-19)17-37-24-12-9-18(15-21(24)28(36)33(23)3)31-27(35)20-7-4-5-8-22(20)29/h4-5,7-9,12,15,19,23,25H,6,10-11,13-14,16-17H2,1-3H3,(H,30,34)(H,31,35)/t19-,23+,25-/m1/s1. The van der Waals surface area contributed by atoms with Crippen LogP contribution in [0.4, 0.5) is 10.1 Å². The molecule has 2 aromatic rings. The Bertz CT molecular complexity index is 1170. The molecule has 0 aromatic heterocycles. The number of fused-ring (bicyclic) bond motifs is 2. The number of benzene rings is 2. The van der Waals surface area contributed by atoms with E-state index in [2.05, 4.69) is 15.5 Å². The molecule has 0 radical (unpaired) electrons. The molecule has 1 fully saturated rings. The van der Waals surface area contributed by atoms with Gasteiger partial charge in [0.2, 0.25) is 5.91 Å². The van der Waals surface area contributed by atoms with Gasteiger partial charge in [-0.1, -0.05) is 12.1 Å². The largest absolute Gasteiger partial charge is 0.490 e. The molecule has 9 nitrogen and oxygen atoms in total. The van der Waals surface area contributed by atoms with Crippen LogP contribution in [0.3, 0.4) is 0 Å². The molecule has 3 amide bonds. The van der Waals surface area contributed by atoms with E-state index in [1.807, 2.05) is 14.1 Å². The maximum atomic E-state index is 14.0. The van der Waals surface area contributed by atoms with E-state index in [0.717, 1.165) is 13.0 Å². The molecule has 2 aliphatic rings. The monoisotopic (exact) mass is 526 g/mol. The predicted molar refractivity (Wildman–Crippen MR) is 141 cm³/mol. The van der Waals surface area contributed by atoms with Crippen molar-refractivity contribution in [2.24, 2.45) is 0 Å². The van der Waals surface area contributed by atoms with Crippen molar-refractivity contribution in [1.82, 2.24) is 15.1 Å². The molecule has 2 aromatic carbocycles. The Morgan fingerprint density at radius 1 is 1.16 bits per heavy atom. The smallest absolute Gasteiger partial charge is 0.258 e. The zero-order valence-electron chi connectivity index (χ0n) is 22.0. The summed E-state index contributed by atoms with van der Waals surface area (Å²) in [5.41, 5.74) is 0.575.